The van der Waals surface area contributed by atoms with E-state index in [1.165, 1.54) is 12.0 Å². The molecule has 0 saturated heterocycles. The Morgan fingerprint density at radius 3 is 2.38 bits per heavy atom. The maximum atomic E-state index is 12.6. The predicted molar refractivity (Wildman–Crippen MR) is 74.2 cm³/mol. The first-order chi connectivity index (χ1) is 9.86. The maximum Gasteiger partial charge on any atom is 0.310 e. The van der Waals surface area contributed by atoms with Crippen LogP contribution in [0.4, 0.5) is 0 Å². The monoisotopic (exact) mass is 295 g/mol. The molecule has 21 heavy (non-hydrogen) atoms. The van der Waals surface area contributed by atoms with E-state index < -0.39 is 23.7 Å². The van der Waals surface area contributed by atoms with E-state index in [0.717, 1.165) is 6.42 Å². The van der Waals surface area contributed by atoms with E-state index in [-0.39, 0.29) is 30.3 Å². The number of carbonyl (C=O) groups excluding carboxylic acids is 2. The molecule has 0 aromatic heterocycles. The Kier molecular flexibility index (Phi) is 4.34. The Morgan fingerprint density at radius 2 is 1.86 bits per heavy atom. The molecule has 0 radical (unpaired) electrons. The lowest BCUT2D eigenvalue weighted by atomic mass is 9.82. The SMILES string of the molecule is COC(=O)C(C)CN(C)C(=O)[C@H]1C2C=CC(C2)[C@H]1C(=O)O. The summed E-state index contributed by atoms with van der Waals surface area (Å²) in [4.78, 5) is 36.9. The van der Waals surface area contributed by atoms with Gasteiger partial charge in [-0.25, -0.2) is 0 Å². The van der Waals surface area contributed by atoms with Crippen LogP contribution in [0, 0.1) is 29.6 Å². The molecule has 5 atom stereocenters. The molecular formula is C15H21NO5. The van der Waals surface area contributed by atoms with Crippen LogP contribution in [-0.2, 0) is 19.1 Å². The van der Waals surface area contributed by atoms with Gasteiger partial charge < -0.3 is 14.7 Å². The molecule has 2 rings (SSSR count). The number of hydrogen-bond acceptors (Lipinski definition) is 4. The molecule has 0 aliphatic heterocycles. The number of allylic oxidation sites excluding steroid dienone is 2. The van der Waals surface area contributed by atoms with Gasteiger partial charge in [-0.1, -0.05) is 19.1 Å². The molecule has 0 aromatic carbocycles. The minimum Gasteiger partial charge on any atom is -0.481 e. The van der Waals surface area contributed by atoms with E-state index >= 15 is 0 Å². The number of ether oxygens (including phenoxy) is 1. The molecule has 2 aliphatic carbocycles. The summed E-state index contributed by atoms with van der Waals surface area (Å²) in [5, 5.41) is 9.37. The molecule has 6 nitrogen and oxygen atoms in total. The summed E-state index contributed by atoms with van der Waals surface area (Å²) in [5.74, 6) is -3.14. The van der Waals surface area contributed by atoms with Gasteiger partial charge in [0.05, 0.1) is 24.9 Å². The van der Waals surface area contributed by atoms with Crippen molar-refractivity contribution in [2.24, 2.45) is 29.6 Å². The van der Waals surface area contributed by atoms with Crippen molar-refractivity contribution in [1.82, 2.24) is 4.90 Å². The Hall–Kier alpha value is -1.85. The van der Waals surface area contributed by atoms with Crippen molar-refractivity contribution in [1.29, 1.82) is 0 Å². The number of rotatable bonds is 5. The van der Waals surface area contributed by atoms with Gasteiger partial charge >= 0.3 is 11.9 Å². The molecule has 1 fully saturated rings. The number of aliphatic carboxylic acids is 1. The largest absolute Gasteiger partial charge is 0.481 e. The molecule has 1 amide bonds. The van der Waals surface area contributed by atoms with Gasteiger partial charge in [0.25, 0.3) is 0 Å². The van der Waals surface area contributed by atoms with Crippen LogP contribution in [0.3, 0.4) is 0 Å². The van der Waals surface area contributed by atoms with E-state index in [9.17, 15) is 19.5 Å². The van der Waals surface area contributed by atoms with Crippen LogP contribution in [0.2, 0.25) is 0 Å². The lowest BCUT2D eigenvalue weighted by Crippen LogP contribution is -2.43. The number of carboxylic acid groups (broad SMARTS) is 1. The number of carbonyl (C=O) groups is 3. The third-order valence-electron chi connectivity index (χ3n) is 4.56. The van der Waals surface area contributed by atoms with Crippen LogP contribution in [-0.4, -0.2) is 48.6 Å². The molecule has 2 bridgehead atoms. The zero-order chi connectivity index (χ0) is 15.7. The average molecular weight is 295 g/mol. The molecule has 116 valence electrons. The number of esters is 1. The first kappa shape index (κ1) is 15.5. The van der Waals surface area contributed by atoms with Gasteiger partial charge in [0, 0.05) is 13.6 Å². The van der Waals surface area contributed by atoms with E-state index in [2.05, 4.69) is 4.74 Å². The van der Waals surface area contributed by atoms with Crippen molar-refractivity contribution in [3.05, 3.63) is 12.2 Å². The van der Waals surface area contributed by atoms with Crippen molar-refractivity contribution in [3.63, 3.8) is 0 Å². The fourth-order valence-corrected chi connectivity index (χ4v) is 3.53. The highest BCUT2D eigenvalue weighted by atomic mass is 16.5. The lowest BCUT2D eigenvalue weighted by Gasteiger charge is -2.29. The van der Waals surface area contributed by atoms with E-state index in [4.69, 9.17) is 0 Å². The van der Waals surface area contributed by atoms with Gasteiger partial charge in [0.2, 0.25) is 5.91 Å². The number of fused-ring (bicyclic) bond motifs is 2. The molecule has 0 aromatic rings. The van der Waals surface area contributed by atoms with Crippen LogP contribution in [0.5, 0.6) is 0 Å². The zero-order valence-corrected chi connectivity index (χ0v) is 12.5. The average Bonchev–Trinajstić information content (AvgIpc) is 3.05. The summed E-state index contributed by atoms with van der Waals surface area (Å²) in [5.41, 5.74) is 0. The van der Waals surface area contributed by atoms with Crippen LogP contribution in [0.25, 0.3) is 0 Å². The first-order valence-corrected chi connectivity index (χ1v) is 7.10. The fourth-order valence-electron chi connectivity index (χ4n) is 3.53. The van der Waals surface area contributed by atoms with Crippen LogP contribution < -0.4 is 0 Å². The Labute approximate surface area is 123 Å². The van der Waals surface area contributed by atoms with Crippen molar-refractivity contribution in [2.75, 3.05) is 20.7 Å². The molecule has 0 spiro atoms. The normalized spacial score (nSPS) is 31.0. The van der Waals surface area contributed by atoms with Crippen LogP contribution >= 0.6 is 0 Å². The summed E-state index contributed by atoms with van der Waals surface area (Å²) < 4.78 is 4.64. The van der Waals surface area contributed by atoms with Gasteiger partial charge in [-0.2, -0.15) is 0 Å². The smallest absolute Gasteiger partial charge is 0.310 e. The third-order valence-corrected chi connectivity index (χ3v) is 4.56. The van der Waals surface area contributed by atoms with Crippen molar-refractivity contribution in [2.45, 2.75) is 13.3 Å². The molecule has 0 heterocycles. The van der Waals surface area contributed by atoms with E-state index in [0.29, 0.717) is 0 Å². The zero-order valence-electron chi connectivity index (χ0n) is 12.5. The standard InChI is InChI=1S/C15H21NO5/c1-8(15(20)21-3)7-16(2)13(17)11-9-4-5-10(6-9)12(11)14(18)19/h4-5,8-12H,6-7H2,1-3H3,(H,18,19)/t8?,9?,10?,11-,12+/m0/s1. The minimum absolute atomic E-state index is 0.000479. The Morgan fingerprint density at radius 1 is 1.29 bits per heavy atom. The van der Waals surface area contributed by atoms with Crippen molar-refractivity contribution < 1.29 is 24.2 Å². The van der Waals surface area contributed by atoms with Gasteiger partial charge in [-0.3, -0.25) is 14.4 Å². The number of methoxy groups -OCH3 is 1. The fraction of sp³-hybridized carbons (Fsp3) is 0.667. The van der Waals surface area contributed by atoms with Crippen molar-refractivity contribution in [3.8, 4) is 0 Å². The highest BCUT2D eigenvalue weighted by Crippen LogP contribution is 2.48. The summed E-state index contributed by atoms with van der Waals surface area (Å²) in [6.45, 7) is 1.92. The predicted octanol–water partition coefficient (Wildman–Crippen LogP) is 0.777. The highest BCUT2D eigenvalue weighted by Gasteiger charge is 2.52. The number of amides is 1. The second kappa shape index (κ2) is 5.87. The Bertz CT molecular complexity index is 486. The van der Waals surface area contributed by atoms with Crippen molar-refractivity contribution >= 4 is 17.8 Å². The van der Waals surface area contributed by atoms with Crippen LogP contribution in [0.15, 0.2) is 12.2 Å². The maximum absolute atomic E-state index is 12.6. The third kappa shape index (κ3) is 2.80. The molecule has 2 aliphatic rings. The van der Waals surface area contributed by atoms with Gasteiger partial charge in [0.15, 0.2) is 0 Å². The van der Waals surface area contributed by atoms with Crippen LogP contribution in [0.1, 0.15) is 13.3 Å². The second-order valence-electron chi connectivity index (χ2n) is 5.98. The molecule has 1 saturated carbocycles. The second-order valence-corrected chi connectivity index (χ2v) is 5.98. The summed E-state index contributed by atoms with van der Waals surface area (Å²) in [6.07, 6.45) is 4.59. The summed E-state index contributed by atoms with van der Waals surface area (Å²) in [6, 6.07) is 0. The Balaban J connectivity index is 2.07. The number of hydrogen-bond donors (Lipinski definition) is 1. The van der Waals surface area contributed by atoms with Gasteiger partial charge in [-0.15, -0.1) is 0 Å². The molecule has 6 heteroatoms. The molecule has 1 N–H and O–H groups in total. The molecular weight excluding hydrogens is 274 g/mol. The lowest BCUT2D eigenvalue weighted by molar-refractivity contribution is -0.152. The quantitative estimate of drug-likeness (QED) is 0.598. The topological polar surface area (TPSA) is 83.9 Å². The number of nitrogens with zero attached hydrogens (tertiary/aromatic N) is 1. The number of carboxylic acids is 1. The molecule has 3 unspecified atom stereocenters. The summed E-state index contributed by atoms with van der Waals surface area (Å²) in [7, 11) is 2.91. The van der Waals surface area contributed by atoms with E-state index in [1.807, 2.05) is 12.2 Å². The van der Waals surface area contributed by atoms with E-state index in [1.54, 1.807) is 14.0 Å². The van der Waals surface area contributed by atoms with Gasteiger partial charge in [-0.05, 0) is 18.3 Å². The summed E-state index contributed by atoms with van der Waals surface area (Å²) >= 11 is 0. The first-order valence-electron chi connectivity index (χ1n) is 7.10. The highest BCUT2D eigenvalue weighted by molar-refractivity contribution is 5.87. The van der Waals surface area contributed by atoms with Gasteiger partial charge in [0.1, 0.15) is 0 Å². The minimum atomic E-state index is -0.917.